The lowest BCUT2D eigenvalue weighted by atomic mass is 10.2. The monoisotopic (exact) mass is 322 g/mol. The van der Waals surface area contributed by atoms with Crippen molar-refractivity contribution in [1.29, 1.82) is 0 Å². The van der Waals surface area contributed by atoms with Crippen LogP contribution in [0.3, 0.4) is 0 Å². The number of piperazine rings is 1. The molecule has 0 atom stereocenters. The summed E-state index contributed by atoms with van der Waals surface area (Å²) in [5, 5.41) is 8.60. The molecule has 0 radical (unpaired) electrons. The number of ether oxygens (including phenoxy) is 1. The number of carboxylic acids is 1. The van der Waals surface area contributed by atoms with E-state index < -0.39 is 16.0 Å². The highest BCUT2D eigenvalue weighted by atomic mass is 32.2. The molecule has 1 rings (SSSR count). The summed E-state index contributed by atoms with van der Waals surface area (Å²) in [6.45, 7) is 6.93. The van der Waals surface area contributed by atoms with E-state index in [4.69, 9.17) is 9.84 Å². The summed E-state index contributed by atoms with van der Waals surface area (Å²) < 4.78 is 31.1. The van der Waals surface area contributed by atoms with Gasteiger partial charge >= 0.3 is 5.97 Å². The highest BCUT2D eigenvalue weighted by Gasteiger charge is 2.26. The van der Waals surface area contributed by atoms with Crippen molar-refractivity contribution in [2.45, 2.75) is 32.8 Å². The van der Waals surface area contributed by atoms with Crippen LogP contribution in [-0.4, -0.2) is 79.9 Å². The Balaban J connectivity index is 2.29. The second-order valence-corrected chi connectivity index (χ2v) is 7.56. The first-order valence-electron chi connectivity index (χ1n) is 7.35. The van der Waals surface area contributed by atoms with Gasteiger partial charge in [-0.3, -0.25) is 4.79 Å². The lowest BCUT2D eigenvalue weighted by molar-refractivity contribution is -0.137. The maximum absolute atomic E-state index is 12.1. The molecule has 8 heteroatoms. The minimum Gasteiger partial charge on any atom is -0.481 e. The number of carbonyl (C=O) groups is 1. The summed E-state index contributed by atoms with van der Waals surface area (Å²) in [6, 6.07) is 0. The van der Waals surface area contributed by atoms with Gasteiger partial charge in [0.25, 0.3) is 0 Å². The lowest BCUT2D eigenvalue weighted by Crippen LogP contribution is -2.49. The van der Waals surface area contributed by atoms with Gasteiger partial charge in [-0.2, -0.15) is 4.31 Å². The van der Waals surface area contributed by atoms with Gasteiger partial charge in [0.05, 0.1) is 18.5 Å². The van der Waals surface area contributed by atoms with Crippen molar-refractivity contribution in [3.8, 4) is 0 Å². The van der Waals surface area contributed by atoms with Crippen LogP contribution in [0.15, 0.2) is 0 Å². The average molecular weight is 322 g/mol. The molecule has 1 aliphatic rings. The zero-order valence-corrected chi connectivity index (χ0v) is 13.6. The molecule has 0 aromatic heterocycles. The number of hydrogen-bond donors (Lipinski definition) is 1. The Morgan fingerprint density at radius 3 is 2.38 bits per heavy atom. The summed E-state index contributed by atoms with van der Waals surface area (Å²) in [4.78, 5) is 12.6. The van der Waals surface area contributed by atoms with Gasteiger partial charge in [0.15, 0.2) is 0 Å². The van der Waals surface area contributed by atoms with E-state index in [9.17, 15) is 13.2 Å². The Bertz CT molecular complexity index is 416. The maximum Gasteiger partial charge on any atom is 0.303 e. The molecule has 0 saturated carbocycles. The van der Waals surface area contributed by atoms with Gasteiger partial charge in [0.1, 0.15) is 0 Å². The van der Waals surface area contributed by atoms with E-state index in [2.05, 4.69) is 4.90 Å². The van der Waals surface area contributed by atoms with Gasteiger partial charge in [-0.05, 0) is 26.8 Å². The third-order valence-electron chi connectivity index (χ3n) is 3.38. The molecule has 124 valence electrons. The van der Waals surface area contributed by atoms with E-state index in [0.29, 0.717) is 39.1 Å². The third kappa shape index (κ3) is 7.21. The number of carboxylic acid groups (broad SMARTS) is 1. The fourth-order valence-electron chi connectivity index (χ4n) is 2.20. The van der Waals surface area contributed by atoms with Crippen molar-refractivity contribution in [2.24, 2.45) is 0 Å². The maximum atomic E-state index is 12.1. The predicted octanol–water partition coefficient (Wildman–Crippen LogP) is 0.224. The smallest absolute Gasteiger partial charge is 0.303 e. The van der Waals surface area contributed by atoms with Crippen LogP contribution < -0.4 is 0 Å². The highest BCUT2D eigenvalue weighted by Crippen LogP contribution is 2.09. The molecule has 21 heavy (non-hydrogen) atoms. The molecule has 1 saturated heterocycles. The molecular weight excluding hydrogens is 296 g/mol. The van der Waals surface area contributed by atoms with Gasteiger partial charge in [-0.15, -0.1) is 0 Å². The van der Waals surface area contributed by atoms with Crippen molar-refractivity contribution >= 4 is 16.0 Å². The van der Waals surface area contributed by atoms with Gasteiger partial charge < -0.3 is 14.7 Å². The number of hydrogen-bond acceptors (Lipinski definition) is 5. The predicted molar refractivity (Wildman–Crippen MR) is 79.8 cm³/mol. The molecule has 7 nitrogen and oxygen atoms in total. The van der Waals surface area contributed by atoms with Gasteiger partial charge in [0.2, 0.25) is 10.0 Å². The second-order valence-electron chi connectivity index (χ2n) is 5.47. The van der Waals surface area contributed by atoms with E-state index >= 15 is 0 Å². The van der Waals surface area contributed by atoms with E-state index in [1.54, 1.807) is 0 Å². The topological polar surface area (TPSA) is 87.2 Å². The fraction of sp³-hybridized carbons (Fsp3) is 0.923. The molecule has 0 amide bonds. The van der Waals surface area contributed by atoms with Crippen LogP contribution in [0.4, 0.5) is 0 Å². The summed E-state index contributed by atoms with van der Waals surface area (Å²) in [5.41, 5.74) is 0. The molecule has 1 fully saturated rings. The highest BCUT2D eigenvalue weighted by molar-refractivity contribution is 7.89. The van der Waals surface area contributed by atoms with Crippen LogP contribution in [0, 0.1) is 0 Å². The van der Waals surface area contributed by atoms with Crippen LogP contribution in [-0.2, 0) is 19.6 Å². The zero-order chi connectivity index (χ0) is 15.9. The molecule has 0 aromatic carbocycles. The van der Waals surface area contributed by atoms with Crippen LogP contribution in [0.2, 0.25) is 0 Å². The Kier molecular flexibility index (Phi) is 7.58. The molecule has 0 aromatic rings. The Labute approximate surface area is 126 Å². The van der Waals surface area contributed by atoms with Crippen LogP contribution in [0.25, 0.3) is 0 Å². The largest absolute Gasteiger partial charge is 0.481 e. The number of aliphatic carboxylic acids is 1. The number of nitrogens with zero attached hydrogens (tertiary/aromatic N) is 2. The minimum atomic E-state index is -3.25. The van der Waals surface area contributed by atoms with Crippen molar-refractivity contribution in [2.75, 3.05) is 45.1 Å². The van der Waals surface area contributed by atoms with Crippen molar-refractivity contribution in [3.05, 3.63) is 0 Å². The van der Waals surface area contributed by atoms with E-state index in [-0.39, 0.29) is 24.9 Å². The zero-order valence-electron chi connectivity index (χ0n) is 12.8. The molecule has 0 bridgehead atoms. The minimum absolute atomic E-state index is 0.0180. The molecule has 1 aliphatic heterocycles. The standard InChI is InChI=1S/C13H26N2O5S/c1-12(2)20-10-11-21(18,19)15-8-6-14(7-9-15)5-3-4-13(16)17/h12H,3-11H2,1-2H3,(H,16,17). The summed E-state index contributed by atoms with van der Waals surface area (Å²) in [7, 11) is -3.25. The molecule has 1 N–H and O–H groups in total. The molecule has 0 spiro atoms. The molecule has 0 aliphatic carbocycles. The summed E-state index contributed by atoms with van der Waals surface area (Å²) in [6.07, 6.45) is 0.793. The van der Waals surface area contributed by atoms with Crippen LogP contribution >= 0.6 is 0 Å². The Morgan fingerprint density at radius 2 is 1.86 bits per heavy atom. The van der Waals surface area contributed by atoms with Crippen LogP contribution in [0.5, 0.6) is 0 Å². The molecular formula is C13H26N2O5S. The normalized spacial score (nSPS) is 18.2. The van der Waals surface area contributed by atoms with Gasteiger partial charge in [0, 0.05) is 32.6 Å². The van der Waals surface area contributed by atoms with Gasteiger partial charge in [-0.1, -0.05) is 0 Å². The Morgan fingerprint density at radius 1 is 1.24 bits per heavy atom. The van der Waals surface area contributed by atoms with Gasteiger partial charge in [-0.25, -0.2) is 8.42 Å². The third-order valence-corrected chi connectivity index (χ3v) is 5.22. The SMILES string of the molecule is CC(C)OCCS(=O)(=O)N1CCN(CCCC(=O)O)CC1. The average Bonchev–Trinajstić information content (AvgIpc) is 2.38. The van der Waals surface area contributed by atoms with E-state index in [1.807, 2.05) is 13.8 Å². The fourth-order valence-corrected chi connectivity index (χ4v) is 3.49. The van der Waals surface area contributed by atoms with Crippen molar-refractivity contribution in [3.63, 3.8) is 0 Å². The summed E-state index contributed by atoms with van der Waals surface area (Å²) >= 11 is 0. The van der Waals surface area contributed by atoms with Crippen molar-refractivity contribution in [1.82, 2.24) is 9.21 Å². The first-order valence-corrected chi connectivity index (χ1v) is 8.96. The first-order chi connectivity index (χ1) is 9.81. The second kappa shape index (κ2) is 8.67. The van der Waals surface area contributed by atoms with Crippen LogP contribution in [0.1, 0.15) is 26.7 Å². The number of rotatable bonds is 9. The van der Waals surface area contributed by atoms with E-state index in [1.165, 1.54) is 4.31 Å². The summed E-state index contributed by atoms with van der Waals surface area (Å²) in [5.74, 6) is -0.772. The van der Waals surface area contributed by atoms with Crippen molar-refractivity contribution < 1.29 is 23.1 Å². The lowest BCUT2D eigenvalue weighted by Gasteiger charge is -2.33. The number of sulfonamides is 1. The van der Waals surface area contributed by atoms with E-state index in [0.717, 1.165) is 0 Å². The quantitative estimate of drug-likeness (QED) is 0.653. The molecule has 1 heterocycles. The Hall–Kier alpha value is -0.700. The first kappa shape index (κ1) is 18.3. The molecule has 0 unspecified atom stereocenters.